The van der Waals surface area contributed by atoms with Gasteiger partial charge in [-0.1, -0.05) is 25.2 Å². The van der Waals surface area contributed by atoms with Gasteiger partial charge in [0, 0.05) is 18.3 Å². The number of hydrogen-bond donors (Lipinski definition) is 0. The summed E-state index contributed by atoms with van der Waals surface area (Å²) in [5, 5.41) is 0. The van der Waals surface area contributed by atoms with Crippen LogP contribution in [0.2, 0.25) is 0 Å². The summed E-state index contributed by atoms with van der Waals surface area (Å²) in [6.45, 7) is 3.83. The Balaban J connectivity index is 1.64. The van der Waals surface area contributed by atoms with E-state index in [1.54, 1.807) is 12.2 Å². The van der Waals surface area contributed by atoms with Crippen LogP contribution in [-0.2, 0) is 14.3 Å². The van der Waals surface area contributed by atoms with E-state index < -0.39 is 0 Å². The molecule has 0 N–H and O–H groups in total. The molecule has 4 aliphatic carbocycles. The van der Waals surface area contributed by atoms with Crippen LogP contribution in [0.4, 0.5) is 0 Å². The molecular formula is C20H24O3. The molecule has 23 heavy (non-hydrogen) atoms. The molecule has 0 heterocycles. The zero-order chi connectivity index (χ0) is 16.2. The number of rotatable bonds is 1. The molecule has 0 aromatic carbocycles. The molecule has 0 amide bonds. The lowest BCUT2D eigenvalue weighted by Crippen LogP contribution is -2.46. The maximum absolute atomic E-state index is 11.6. The summed E-state index contributed by atoms with van der Waals surface area (Å²) in [6, 6.07) is 0. The molecule has 0 saturated heterocycles. The molecule has 4 aliphatic rings. The van der Waals surface area contributed by atoms with Gasteiger partial charge in [-0.3, -0.25) is 9.59 Å². The predicted octanol–water partition coefficient (Wildman–Crippen LogP) is 3.61. The van der Waals surface area contributed by atoms with Crippen molar-refractivity contribution in [2.45, 2.75) is 45.6 Å². The topological polar surface area (TPSA) is 43.4 Å². The van der Waals surface area contributed by atoms with Crippen molar-refractivity contribution < 1.29 is 14.3 Å². The van der Waals surface area contributed by atoms with Crippen molar-refractivity contribution in [3.63, 3.8) is 0 Å². The Morgan fingerprint density at radius 3 is 2.83 bits per heavy atom. The molecule has 0 aromatic heterocycles. The molecular weight excluding hydrogens is 288 g/mol. The molecule has 3 heteroatoms. The van der Waals surface area contributed by atoms with Gasteiger partial charge in [0.2, 0.25) is 0 Å². The fraction of sp³-hybridized carbons (Fsp3) is 0.600. The Bertz CT molecular complexity index is 641. The van der Waals surface area contributed by atoms with Crippen LogP contribution in [0, 0.1) is 29.1 Å². The zero-order valence-electron chi connectivity index (χ0n) is 13.8. The second-order valence-electron chi connectivity index (χ2n) is 7.86. The first-order valence-corrected chi connectivity index (χ1v) is 8.78. The minimum Gasteiger partial charge on any atom is -0.462 e. The lowest BCUT2D eigenvalue weighted by Gasteiger charge is -2.50. The molecule has 3 nitrogen and oxygen atoms in total. The van der Waals surface area contributed by atoms with Crippen LogP contribution in [0.3, 0.4) is 0 Å². The minimum absolute atomic E-state index is 0.0692. The molecule has 2 fully saturated rings. The van der Waals surface area contributed by atoms with Gasteiger partial charge in [-0.15, -0.1) is 0 Å². The van der Waals surface area contributed by atoms with Gasteiger partial charge >= 0.3 is 5.97 Å². The van der Waals surface area contributed by atoms with E-state index >= 15 is 0 Å². The first-order chi connectivity index (χ1) is 11.0. The summed E-state index contributed by atoms with van der Waals surface area (Å²) >= 11 is 0. The molecule has 0 spiro atoms. The number of allylic oxidation sites excluding steroid dienone is 6. The normalized spacial score (nSPS) is 44.2. The van der Waals surface area contributed by atoms with Crippen LogP contribution in [0.1, 0.15) is 39.5 Å². The number of carbonyl (C=O) groups excluding carboxylic acids is 2. The van der Waals surface area contributed by atoms with Crippen molar-refractivity contribution in [3.05, 3.63) is 36.0 Å². The Morgan fingerprint density at radius 1 is 1.22 bits per heavy atom. The summed E-state index contributed by atoms with van der Waals surface area (Å²) in [7, 11) is 0. The Morgan fingerprint density at radius 2 is 2.04 bits per heavy atom. The second-order valence-corrected chi connectivity index (χ2v) is 7.86. The van der Waals surface area contributed by atoms with E-state index in [-0.39, 0.29) is 23.3 Å². The van der Waals surface area contributed by atoms with Gasteiger partial charge in [0.15, 0.2) is 5.78 Å². The number of hydrogen-bond acceptors (Lipinski definition) is 3. The maximum atomic E-state index is 11.6. The average Bonchev–Trinajstić information content (AvgIpc) is 2.83. The Hall–Kier alpha value is -1.64. The van der Waals surface area contributed by atoms with Crippen LogP contribution < -0.4 is 0 Å². The highest BCUT2D eigenvalue weighted by Crippen LogP contribution is 2.60. The van der Waals surface area contributed by atoms with Crippen molar-refractivity contribution in [2.24, 2.45) is 29.1 Å². The summed E-state index contributed by atoms with van der Waals surface area (Å²) < 4.78 is 5.65. The highest BCUT2D eigenvalue weighted by atomic mass is 16.5. The first kappa shape index (κ1) is 14.9. The number of fused-ring (bicyclic) bond motifs is 5. The van der Waals surface area contributed by atoms with Crippen molar-refractivity contribution in [1.29, 1.82) is 0 Å². The van der Waals surface area contributed by atoms with Crippen LogP contribution >= 0.6 is 0 Å². The van der Waals surface area contributed by atoms with Gasteiger partial charge in [-0.2, -0.15) is 0 Å². The summed E-state index contributed by atoms with van der Waals surface area (Å²) in [4.78, 5) is 23.0. The van der Waals surface area contributed by atoms with E-state index in [0.29, 0.717) is 23.7 Å². The predicted molar refractivity (Wildman–Crippen MR) is 87.5 cm³/mol. The van der Waals surface area contributed by atoms with E-state index in [2.05, 4.69) is 25.2 Å². The van der Waals surface area contributed by atoms with Gasteiger partial charge in [0.25, 0.3) is 0 Å². The van der Waals surface area contributed by atoms with Gasteiger partial charge in [0.05, 0.1) is 0 Å². The largest absolute Gasteiger partial charge is 0.462 e. The monoisotopic (exact) mass is 312 g/mol. The standard InChI is InChI=1S/C20H24O3/c1-12(21)23-19-8-7-18-17-5-3-13-11-14(22)4-6-15(13)16(17)9-10-20(18,19)2/h3-6,11,15-19H,7-10H2,1-2H3/t15?,16-,17-,18+,19+,20?/m1/s1. The Labute approximate surface area is 137 Å². The van der Waals surface area contributed by atoms with E-state index in [1.807, 2.05) is 0 Å². The average molecular weight is 312 g/mol. The van der Waals surface area contributed by atoms with E-state index in [4.69, 9.17) is 4.74 Å². The molecule has 0 bridgehead atoms. The lowest BCUT2D eigenvalue weighted by atomic mass is 9.54. The minimum atomic E-state index is -0.155. The molecule has 2 unspecified atom stereocenters. The molecule has 0 aliphatic heterocycles. The number of ketones is 1. The van der Waals surface area contributed by atoms with Crippen LogP contribution in [0.15, 0.2) is 36.0 Å². The summed E-state index contributed by atoms with van der Waals surface area (Å²) in [5.41, 5.74) is 1.28. The fourth-order valence-corrected chi connectivity index (χ4v) is 5.66. The molecule has 6 atom stereocenters. The third kappa shape index (κ3) is 2.24. The third-order valence-corrected chi connectivity index (χ3v) is 6.74. The second kappa shape index (κ2) is 5.19. The first-order valence-electron chi connectivity index (χ1n) is 8.78. The molecule has 4 rings (SSSR count). The van der Waals surface area contributed by atoms with Crippen molar-refractivity contribution in [2.75, 3.05) is 0 Å². The van der Waals surface area contributed by atoms with Gasteiger partial charge in [0.1, 0.15) is 6.10 Å². The third-order valence-electron chi connectivity index (χ3n) is 6.74. The number of esters is 1. The van der Waals surface area contributed by atoms with Crippen LogP contribution in [0.5, 0.6) is 0 Å². The van der Waals surface area contributed by atoms with E-state index in [1.165, 1.54) is 12.5 Å². The van der Waals surface area contributed by atoms with E-state index in [0.717, 1.165) is 25.7 Å². The molecule has 0 radical (unpaired) electrons. The quantitative estimate of drug-likeness (QED) is 0.695. The van der Waals surface area contributed by atoms with Gasteiger partial charge < -0.3 is 4.74 Å². The van der Waals surface area contributed by atoms with Crippen LogP contribution in [0.25, 0.3) is 0 Å². The fourth-order valence-electron chi connectivity index (χ4n) is 5.66. The molecule has 2 saturated carbocycles. The van der Waals surface area contributed by atoms with Crippen molar-refractivity contribution >= 4 is 11.8 Å². The van der Waals surface area contributed by atoms with Gasteiger partial charge in [-0.25, -0.2) is 0 Å². The number of carbonyl (C=O) groups is 2. The molecule has 0 aromatic rings. The van der Waals surface area contributed by atoms with Gasteiger partial charge in [-0.05, 0) is 61.2 Å². The summed E-state index contributed by atoms with van der Waals surface area (Å²) in [6.07, 6.45) is 14.6. The van der Waals surface area contributed by atoms with E-state index in [9.17, 15) is 9.59 Å². The molecule has 122 valence electrons. The highest BCUT2D eigenvalue weighted by molar-refractivity contribution is 6.01. The lowest BCUT2D eigenvalue weighted by molar-refractivity contribution is -0.154. The highest BCUT2D eigenvalue weighted by Gasteiger charge is 2.56. The number of ether oxygens (including phenoxy) is 1. The summed E-state index contributed by atoms with van der Waals surface area (Å²) in [5.74, 6) is 2.04. The van der Waals surface area contributed by atoms with Crippen molar-refractivity contribution in [3.8, 4) is 0 Å². The van der Waals surface area contributed by atoms with Crippen LogP contribution in [-0.4, -0.2) is 17.9 Å². The zero-order valence-corrected chi connectivity index (χ0v) is 13.8. The van der Waals surface area contributed by atoms with Crippen molar-refractivity contribution in [1.82, 2.24) is 0 Å². The SMILES string of the molecule is CC(=O)O[C@H]1CC[C@H]2[C@@H]3C=CC4=CC(=O)C=CC4[C@H]3CCC12C. The smallest absolute Gasteiger partial charge is 0.302 e. The maximum Gasteiger partial charge on any atom is 0.302 e. The Kier molecular flexibility index (Phi) is 3.36.